The van der Waals surface area contributed by atoms with Crippen LogP contribution in [0, 0.1) is 5.92 Å². The molecule has 4 heteroatoms. The molecule has 0 unspecified atom stereocenters. The van der Waals surface area contributed by atoms with Crippen molar-refractivity contribution < 1.29 is 4.74 Å². The maximum Gasteiger partial charge on any atom is 0.137 e. The Morgan fingerprint density at radius 3 is 3.00 bits per heavy atom. The topological polar surface area (TPSA) is 34.1 Å². The monoisotopic (exact) mass is 212 g/mol. The average molecular weight is 213 g/mol. The normalized spacial score (nSPS) is 25.6. The number of pyridine rings is 1. The smallest absolute Gasteiger partial charge is 0.137 e. The van der Waals surface area contributed by atoms with E-state index in [1.54, 1.807) is 12.3 Å². The molecule has 0 bridgehead atoms. The lowest BCUT2D eigenvalue weighted by molar-refractivity contribution is 0.161. The molecule has 14 heavy (non-hydrogen) atoms. The predicted molar refractivity (Wildman–Crippen MR) is 55.7 cm³/mol. The molecule has 1 saturated heterocycles. The first-order valence-electron chi connectivity index (χ1n) is 4.73. The summed E-state index contributed by atoms with van der Waals surface area (Å²) < 4.78 is 5.55. The van der Waals surface area contributed by atoms with Gasteiger partial charge in [-0.2, -0.15) is 0 Å². The molecule has 1 aromatic heterocycles. The van der Waals surface area contributed by atoms with E-state index in [2.05, 4.69) is 17.2 Å². The highest BCUT2D eigenvalue weighted by atomic mass is 35.5. The van der Waals surface area contributed by atoms with Crippen LogP contribution in [0.2, 0.25) is 5.15 Å². The highest BCUT2D eigenvalue weighted by Gasteiger charge is 2.26. The molecule has 0 amide bonds. The van der Waals surface area contributed by atoms with Crippen LogP contribution >= 0.6 is 11.6 Å². The van der Waals surface area contributed by atoms with Crippen molar-refractivity contribution >= 4 is 11.6 Å². The van der Waals surface area contributed by atoms with Crippen LogP contribution in [0.3, 0.4) is 0 Å². The molecule has 0 aromatic carbocycles. The summed E-state index contributed by atoms with van der Waals surface area (Å²) in [5.41, 5.74) is 0. The van der Waals surface area contributed by atoms with Crippen LogP contribution in [0.15, 0.2) is 18.3 Å². The van der Waals surface area contributed by atoms with Crippen LogP contribution in [-0.4, -0.2) is 24.2 Å². The number of nitrogens with zero attached hydrogens (tertiary/aromatic N) is 1. The molecule has 0 spiro atoms. The average Bonchev–Trinajstić information content (AvgIpc) is 2.19. The molecule has 0 aliphatic carbocycles. The third kappa shape index (κ3) is 2.16. The molecule has 0 radical (unpaired) electrons. The van der Waals surface area contributed by atoms with E-state index in [-0.39, 0.29) is 0 Å². The third-order valence-electron chi connectivity index (χ3n) is 2.52. The van der Waals surface area contributed by atoms with Gasteiger partial charge in [0.2, 0.25) is 0 Å². The van der Waals surface area contributed by atoms with Crippen molar-refractivity contribution in [3.8, 4) is 5.75 Å². The maximum atomic E-state index is 5.66. The van der Waals surface area contributed by atoms with Crippen molar-refractivity contribution in [3.05, 3.63) is 23.5 Å². The number of nitrogens with one attached hydrogen (secondary N) is 1. The predicted octanol–water partition coefficient (Wildman–Crippen LogP) is 1.72. The Morgan fingerprint density at radius 1 is 1.64 bits per heavy atom. The molecule has 3 nitrogen and oxygen atoms in total. The van der Waals surface area contributed by atoms with E-state index in [1.807, 2.05) is 6.07 Å². The molecular weight excluding hydrogens is 200 g/mol. The first-order chi connectivity index (χ1) is 6.75. The van der Waals surface area contributed by atoms with Crippen molar-refractivity contribution in [1.82, 2.24) is 10.3 Å². The zero-order valence-electron chi connectivity index (χ0n) is 8.03. The minimum atomic E-state index is 0.477. The summed E-state index contributed by atoms with van der Waals surface area (Å²) in [4.78, 5) is 3.94. The maximum absolute atomic E-state index is 5.66. The minimum absolute atomic E-state index is 0.477. The minimum Gasteiger partial charge on any atom is -0.490 e. The Balaban J connectivity index is 1.83. The summed E-state index contributed by atoms with van der Waals surface area (Å²) >= 11 is 5.66. The number of halogens is 1. The van der Waals surface area contributed by atoms with Gasteiger partial charge < -0.3 is 10.1 Å². The van der Waals surface area contributed by atoms with Crippen molar-refractivity contribution in [2.24, 2.45) is 5.92 Å². The number of ether oxygens (including phenoxy) is 1. The van der Waals surface area contributed by atoms with Crippen molar-refractivity contribution in [2.45, 2.75) is 13.0 Å². The van der Waals surface area contributed by atoms with Gasteiger partial charge in [0.05, 0.1) is 6.20 Å². The van der Waals surface area contributed by atoms with Gasteiger partial charge in [0.1, 0.15) is 17.5 Å². The van der Waals surface area contributed by atoms with Crippen molar-refractivity contribution in [3.63, 3.8) is 0 Å². The first-order valence-corrected chi connectivity index (χ1v) is 5.11. The number of hydrogen-bond acceptors (Lipinski definition) is 3. The number of hydrogen-bond donors (Lipinski definition) is 1. The van der Waals surface area contributed by atoms with Crippen molar-refractivity contribution in [2.75, 3.05) is 13.2 Å². The summed E-state index contributed by atoms with van der Waals surface area (Å²) in [6, 6.07) is 4.04. The number of aromatic nitrogens is 1. The van der Waals surface area contributed by atoms with Crippen LogP contribution < -0.4 is 10.1 Å². The quantitative estimate of drug-likeness (QED) is 0.775. The fraction of sp³-hybridized carbons (Fsp3) is 0.500. The second-order valence-corrected chi connectivity index (χ2v) is 4.01. The second kappa shape index (κ2) is 4.15. The van der Waals surface area contributed by atoms with Crippen LogP contribution in [0.5, 0.6) is 5.75 Å². The van der Waals surface area contributed by atoms with Crippen LogP contribution in [-0.2, 0) is 0 Å². The summed E-state index contributed by atoms with van der Waals surface area (Å²) in [7, 11) is 0. The fourth-order valence-corrected chi connectivity index (χ4v) is 1.49. The summed E-state index contributed by atoms with van der Waals surface area (Å²) in [5.74, 6) is 1.48. The lowest BCUT2D eigenvalue weighted by atomic mass is 9.95. The lowest BCUT2D eigenvalue weighted by Crippen LogP contribution is -2.54. The molecule has 1 aliphatic rings. The Bertz CT molecular complexity index is 301. The van der Waals surface area contributed by atoms with Gasteiger partial charge >= 0.3 is 0 Å². The van der Waals surface area contributed by atoms with Gasteiger partial charge in [-0.25, -0.2) is 4.98 Å². The van der Waals surface area contributed by atoms with Gasteiger partial charge in [-0.05, 0) is 24.6 Å². The second-order valence-electron chi connectivity index (χ2n) is 3.62. The van der Waals surface area contributed by atoms with E-state index >= 15 is 0 Å². The van der Waals surface area contributed by atoms with Crippen LogP contribution in [0.4, 0.5) is 0 Å². The molecule has 2 rings (SSSR count). The third-order valence-corrected chi connectivity index (χ3v) is 2.74. The molecule has 1 fully saturated rings. The molecule has 2 atom stereocenters. The molecule has 1 aliphatic heterocycles. The molecule has 0 saturated carbocycles. The summed E-state index contributed by atoms with van der Waals surface area (Å²) in [5, 5.41) is 3.80. The standard InChI is InChI=1S/C10H13ClN2O/c1-7-4-12-9(7)6-14-8-2-3-10(11)13-5-8/h2-3,5,7,9,12H,4,6H2,1H3/t7-,9-/m0/s1. The van der Waals surface area contributed by atoms with Gasteiger partial charge in [-0.1, -0.05) is 18.5 Å². The van der Waals surface area contributed by atoms with E-state index < -0.39 is 0 Å². The van der Waals surface area contributed by atoms with Crippen LogP contribution in [0.25, 0.3) is 0 Å². The Kier molecular flexibility index (Phi) is 2.89. The highest BCUT2D eigenvalue weighted by Crippen LogP contribution is 2.16. The van der Waals surface area contributed by atoms with E-state index in [1.165, 1.54) is 0 Å². The molecule has 1 aromatic rings. The zero-order valence-corrected chi connectivity index (χ0v) is 8.79. The van der Waals surface area contributed by atoms with Gasteiger partial charge in [-0.15, -0.1) is 0 Å². The SMILES string of the molecule is C[C@H]1CN[C@H]1COc1ccc(Cl)nc1. The lowest BCUT2D eigenvalue weighted by Gasteiger charge is -2.35. The van der Waals surface area contributed by atoms with Crippen LogP contribution in [0.1, 0.15) is 6.92 Å². The van der Waals surface area contributed by atoms with E-state index in [9.17, 15) is 0 Å². The van der Waals surface area contributed by atoms with Gasteiger partial charge in [-0.3, -0.25) is 0 Å². The highest BCUT2D eigenvalue weighted by molar-refractivity contribution is 6.29. The first kappa shape index (κ1) is 9.74. The van der Waals surface area contributed by atoms with Gasteiger partial charge in [0.15, 0.2) is 0 Å². The molecule has 1 N–H and O–H groups in total. The Hall–Kier alpha value is -0.800. The van der Waals surface area contributed by atoms with Gasteiger partial charge in [0.25, 0.3) is 0 Å². The molecular formula is C10H13ClN2O. The molecule has 76 valence electrons. The van der Waals surface area contributed by atoms with E-state index in [4.69, 9.17) is 16.3 Å². The van der Waals surface area contributed by atoms with E-state index in [0.29, 0.717) is 23.7 Å². The van der Waals surface area contributed by atoms with Gasteiger partial charge in [0, 0.05) is 6.04 Å². The fourth-order valence-electron chi connectivity index (χ4n) is 1.38. The summed E-state index contributed by atoms with van der Waals surface area (Å²) in [6.45, 7) is 4.00. The zero-order chi connectivity index (χ0) is 9.97. The van der Waals surface area contributed by atoms with E-state index in [0.717, 1.165) is 12.3 Å². The molecule has 2 heterocycles. The van der Waals surface area contributed by atoms with Crippen molar-refractivity contribution in [1.29, 1.82) is 0 Å². The largest absolute Gasteiger partial charge is 0.490 e. The number of rotatable bonds is 3. The summed E-state index contributed by atoms with van der Waals surface area (Å²) in [6.07, 6.45) is 1.64. The Morgan fingerprint density at radius 2 is 2.50 bits per heavy atom. The Labute approximate surface area is 88.4 Å².